The van der Waals surface area contributed by atoms with Crippen LogP contribution in [0.25, 0.3) is 33.4 Å². The zero-order chi connectivity index (χ0) is 25.5. The Morgan fingerprint density at radius 1 is 0.892 bits per heavy atom. The molecular weight excluding hydrogens is 466 g/mol. The Bertz CT molecular complexity index is 1500. The fourth-order valence-corrected chi connectivity index (χ4v) is 5.12. The van der Waals surface area contributed by atoms with Gasteiger partial charge in [-0.1, -0.05) is 61.6 Å². The van der Waals surface area contributed by atoms with Gasteiger partial charge in [0.1, 0.15) is 16.7 Å². The number of hydrogen-bond acceptors (Lipinski definition) is 5. The molecule has 2 N–H and O–H groups in total. The molecule has 0 spiro atoms. The monoisotopic (exact) mass is 493 g/mol. The van der Waals surface area contributed by atoms with Crippen molar-refractivity contribution in [3.05, 3.63) is 66.9 Å². The molecule has 4 aromatic rings. The number of aromatic nitrogens is 1. The van der Waals surface area contributed by atoms with E-state index in [2.05, 4.69) is 21.5 Å². The number of terminal acetylenes is 1. The van der Waals surface area contributed by atoms with Gasteiger partial charge < -0.3 is 19.5 Å². The minimum Gasteiger partial charge on any atom is -0.451 e. The highest BCUT2D eigenvalue weighted by Gasteiger charge is 2.48. The molecule has 7 heteroatoms. The van der Waals surface area contributed by atoms with Crippen molar-refractivity contribution in [1.29, 1.82) is 0 Å². The summed E-state index contributed by atoms with van der Waals surface area (Å²) < 4.78 is 11.3. The number of rotatable bonds is 6. The van der Waals surface area contributed by atoms with Crippen LogP contribution >= 0.6 is 0 Å². The lowest BCUT2D eigenvalue weighted by molar-refractivity contribution is -0.129. The van der Waals surface area contributed by atoms with E-state index in [1.54, 1.807) is 12.3 Å². The van der Waals surface area contributed by atoms with Gasteiger partial charge in [0.25, 0.3) is 5.91 Å². The van der Waals surface area contributed by atoms with Gasteiger partial charge in [0.15, 0.2) is 17.9 Å². The van der Waals surface area contributed by atoms with E-state index < -0.39 is 17.0 Å². The second-order valence-corrected chi connectivity index (χ2v) is 10.1. The van der Waals surface area contributed by atoms with E-state index in [-0.39, 0.29) is 11.7 Å². The van der Waals surface area contributed by atoms with Crippen LogP contribution in [0, 0.1) is 12.3 Å². The second kappa shape index (κ2) is 8.97. The number of carbonyl (C=O) groups excluding carboxylic acids is 2. The maximum absolute atomic E-state index is 13.3. The molecule has 2 amide bonds. The SMILES string of the molecule is C#CC1(NC(=O)C2(NC(=O)c3cc4ccc(-c5ccc(-c6cnco6)cc5)cc4o3)CCCCC2)CC1. The molecule has 2 fully saturated rings. The molecule has 2 aliphatic rings. The summed E-state index contributed by atoms with van der Waals surface area (Å²) in [6.07, 6.45) is 14.2. The van der Waals surface area contributed by atoms with Crippen molar-refractivity contribution in [2.75, 3.05) is 0 Å². The van der Waals surface area contributed by atoms with Crippen LogP contribution in [0.15, 0.2) is 70.0 Å². The molecule has 2 heterocycles. The average Bonchev–Trinajstić information content (AvgIpc) is 3.30. The highest BCUT2D eigenvalue weighted by Crippen LogP contribution is 2.37. The van der Waals surface area contributed by atoms with Gasteiger partial charge in [0.05, 0.1) is 6.20 Å². The van der Waals surface area contributed by atoms with Gasteiger partial charge in [-0.25, -0.2) is 4.98 Å². The first-order valence-corrected chi connectivity index (χ1v) is 12.7. The number of nitrogens with one attached hydrogen (secondary N) is 2. The Labute approximate surface area is 214 Å². The smallest absolute Gasteiger partial charge is 0.287 e. The fourth-order valence-electron chi connectivity index (χ4n) is 5.12. The third-order valence-corrected chi connectivity index (χ3v) is 7.55. The standard InChI is InChI=1S/C30H27N3O4/c1-2-29(14-15-29)33-28(35)30(12-4-3-5-13-30)32-27(34)25-17-23-11-10-22(16-24(23)37-25)20-6-8-21(9-7-20)26-18-31-19-36-26/h1,6-11,16-19H,3-5,12-15H2,(H,32,34)(H,33,35). The van der Waals surface area contributed by atoms with Gasteiger partial charge in [-0.3, -0.25) is 9.59 Å². The highest BCUT2D eigenvalue weighted by atomic mass is 16.3. The van der Waals surface area contributed by atoms with Crippen molar-refractivity contribution in [1.82, 2.24) is 15.6 Å². The van der Waals surface area contributed by atoms with Crippen LogP contribution in [-0.2, 0) is 4.79 Å². The lowest BCUT2D eigenvalue weighted by atomic mass is 9.80. The predicted molar refractivity (Wildman–Crippen MR) is 139 cm³/mol. The predicted octanol–water partition coefficient (Wildman–Crippen LogP) is 5.47. The van der Waals surface area contributed by atoms with Crippen molar-refractivity contribution >= 4 is 22.8 Å². The quantitative estimate of drug-likeness (QED) is 0.347. The molecule has 7 nitrogen and oxygen atoms in total. The Balaban J connectivity index is 1.23. The van der Waals surface area contributed by atoms with E-state index in [9.17, 15) is 9.59 Å². The van der Waals surface area contributed by atoms with E-state index in [1.165, 1.54) is 6.39 Å². The Hall–Kier alpha value is -4.31. The first kappa shape index (κ1) is 23.1. The maximum atomic E-state index is 13.3. The van der Waals surface area contributed by atoms with E-state index in [0.717, 1.165) is 54.2 Å². The van der Waals surface area contributed by atoms with Gasteiger partial charge in [-0.05, 0) is 48.9 Å². The van der Waals surface area contributed by atoms with Gasteiger partial charge in [-0.15, -0.1) is 6.42 Å². The third kappa shape index (κ3) is 4.40. The van der Waals surface area contributed by atoms with Gasteiger partial charge >= 0.3 is 0 Å². The fraction of sp³-hybridized carbons (Fsp3) is 0.300. The first-order valence-electron chi connectivity index (χ1n) is 12.7. The summed E-state index contributed by atoms with van der Waals surface area (Å²) >= 11 is 0. The van der Waals surface area contributed by atoms with Crippen molar-refractivity contribution < 1.29 is 18.4 Å². The summed E-state index contributed by atoms with van der Waals surface area (Å²) in [6, 6.07) is 15.5. The number of benzene rings is 2. The molecule has 0 bridgehead atoms. The minimum absolute atomic E-state index is 0.184. The van der Waals surface area contributed by atoms with Gasteiger partial charge in [0.2, 0.25) is 5.91 Å². The normalized spacial score (nSPS) is 17.6. The van der Waals surface area contributed by atoms with Crippen LogP contribution < -0.4 is 10.6 Å². The number of hydrogen-bond donors (Lipinski definition) is 2. The first-order chi connectivity index (χ1) is 18.0. The molecule has 0 radical (unpaired) electrons. The van der Waals surface area contributed by atoms with Crippen LogP contribution in [0.2, 0.25) is 0 Å². The van der Waals surface area contributed by atoms with E-state index in [4.69, 9.17) is 15.3 Å². The minimum atomic E-state index is -0.975. The molecule has 2 aromatic carbocycles. The van der Waals surface area contributed by atoms with Crippen molar-refractivity contribution in [2.45, 2.75) is 56.0 Å². The highest BCUT2D eigenvalue weighted by molar-refractivity contribution is 6.00. The summed E-state index contributed by atoms with van der Waals surface area (Å²) in [6.45, 7) is 0. The number of amides is 2. The molecular formula is C30H27N3O4. The number of nitrogens with zero attached hydrogens (tertiary/aromatic N) is 1. The number of furan rings is 1. The van der Waals surface area contributed by atoms with E-state index in [0.29, 0.717) is 24.2 Å². The zero-order valence-corrected chi connectivity index (χ0v) is 20.4. The van der Waals surface area contributed by atoms with Crippen molar-refractivity contribution in [2.24, 2.45) is 0 Å². The summed E-state index contributed by atoms with van der Waals surface area (Å²) in [5, 5.41) is 6.86. The van der Waals surface area contributed by atoms with Gasteiger partial charge in [0, 0.05) is 10.9 Å². The molecule has 6 rings (SSSR count). The second-order valence-electron chi connectivity index (χ2n) is 10.1. The topological polar surface area (TPSA) is 97.4 Å². The molecule has 37 heavy (non-hydrogen) atoms. The number of oxazole rings is 1. The largest absolute Gasteiger partial charge is 0.451 e. The van der Waals surface area contributed by atoms with Crippen LogP contribution in [0.1, 0.15) is 55.5 Å². The average molecular weight is 494 g/mol. The van der Waals surface area contributed by atoms with E-state index in [1.807, 2.05) is 42.5 Å². The lowest BCUT2D eigenvalue weighted by Gasteiger charge is -2.37. The third-order valence-electron chi connectivity index (χ3n) is 7.55. The van der Waals surface area contributed by atoms with Crippen LogP contribution in [0.5, 0.6) is 0 Å². The maximum Gasteiger partial charge on any atom is 0.287 e. The molecule has 2 aromatic heterocycles. The molecule has 0 saturated heterocycles. The summed E-state index contributed by atoms with van der Waals surface area (Å²) in [5.74, 6) is 3.01. The number of carbonyl (C=O) groups is 2. The van der Waals surface area contributed by atoms with Gasteiger partial charge in [-0.2, -0.15) is 0 Å². The Kier molecular flexibility index (Phi) is 5.60. The summed E-state index contributed by atoms with van der Waals surface area (Å²) in [4.78, 5) is 30.6. The molecule has 0 aliphatic heterocycles. The Morgan fingerprint density at radius 3 is 2.30 bits per heavy atom. The molecule has 2 aliphatic carbocycles. The van der Waals surface area contributed by atoms with Crippen LogP contribution in [-0.4, -0.2) is 27.9 Å². The van der Waals surface area contributed by atoms with Crippen molar-refractivity contribution in [3.63, 3.8) is 0 Å². The zero-order valence-electron chi connectivity index (χ0n) is 20.4. The molecule has 2 saturated carbocycles. The molecule has 186 valence electrons. The summed E-state index contributed by atoms with van der Waals surface area (Å²) in [5.41, 5.74) is 1.98. The number of fused-ring (bicyclic) bond motifs is 1. The van der Waals surface area contributed by atoms with Crippen LogP contribution in [0.3, 0.4) is 0 Å². The molecule has 0 atom stereocenters. The van der Waals surface area contributed by atoms with E-state index >= 15 is 0 Å². The van der Waals surface area contributed by atoms with Crippen molar-refractivity contribution in [3.8, 4) is 34.8 Å². The lowest BCUT2D eigenvalue weighted by Crippen LogP contribution is -2.61. The Morgan fingerprint density at radius 2 is 1.62 bits per heavy atom. The van der Waals surface area contributed by atoms with Crippen LogP contribution in [0.4, 0.5) is 0 Å². The summed E-state index contributed by atoms with van der Waals surface area (Å²) in [7, 11) is 0. The molecule has 0 unspecified atom stereocenters.